The number of benzene rings is 1. The molecule has 1 saturated heterocycles. The Morgan fingerprint density at radius 2 is 1.72 bits per heavy atom. The van der Waals surface area contributed by atoms with E-state index in [1.165, 1.54) is 29.2 Å². The Hall–Kier alpha value is -1.91. The van der Waals surface area contributed by atoms with E-state index in [-0.39, 0.29) is 11.9 Å². The zero-order valence-corrected chi connectivity index (χ0v) is 10.6. The van der Waals surface area contributed by atoms with Crippen LogP contribution in [-0.4, -0.2) is 28.9 Å². The highest BCUT2D eigenvalue weighted by atomic mass is 19.1. The molecule has 2 rings (SSSR count). The zero-order chi connectivity index (χ0) is 13.5. The summed E-state index contributed by atoms with van der Waals surface area (Å²) in [6, 6.07) is 4.97. The van der Waals surface area contributed by atoms with Gasteiger partial charge in [0.1, 0.15) is 11.4 Å². The van der Waals surface area contributed by atoms with Crippen LogP contribution < -0.4 is 4.90 Å². The van der Waals surface area contributed by atoms with Crippen molar-refractivity contribution < 1.29 is 14.0 Å². The summed E-state index contributed by atoms with van der Waals surface area (Å²) in [6.45, 7) is 5.69. The van der Waals surface area contributed by atoms with Gasteiger partial charge in [0.15, 0.2) is 0 Å². The fourth-order valence-corrected chi connectivity index (χ4v) is 2.18. The maximum atomic E-state index is 12.9. The van der Waals surface area contributed by atoms with Gasteiger partial charge in [-0.25, -0.2) is 14.1 Å². The molecule has 1 aromatic rings. The smallest absolute Gasteiger partial charge is 0.310 e. The number of carbonyl (C=O) groups excluding carboxylic acids is 2. The van der Waals surface area contributed by atoms with Crippen molar-refractivity contribution in [3.8, 4) is 0 Å². The second-order valence-electron chi connectivity index (χ2n) is 4.70. The molecule has 0 unspecified atom stereocenters. The molecule has 1 aromatic carbocycles. The fourth-order valence-electron chi connectivity index (χ4n) is 2.18. The van der Waals surface area contributed by atoms with Gasteiger partial charge in [-0.15, -0.1) is 0 Å². The first-order valence-corrected chi connectivity index (χ1v) is 5.81. The average Bonchev–Trinajstić information content (AvgIpc) is 2.48. The Morgan fingerprint density at radius 3 is 2.17 bits per heavy atom. The van der Waals surface area contributed by atoms with Gasteiger partial charge in [0.25, 0.3) is 5.91 Å². The molecule has 0 spiro atoms. The quantitative estimate of drug-likeness (QED) is 0.756. The predicted octanol–water partition coefficient (Wildman–Crippen LogP) is 2.39. The first-order chi connectivity index (χ1) is 8.39. The Bertz CT molecular complexity index is 496. The molecule has 96 valence electrons. The summed E-state index contributed by atoms with van der Waals surface area (Å²) >= 11 is 0. The minimum atomic E-state index is -0.861. The summed E-state index contributed by atoms with van der Waals surface area (Å²) in [5.74, 6) is -0.689. The van der Waals surface area contributed by atoms with Gasteiger partial charge in [0.2, 0.25) is 0 Å². The third kappa shape index (κ3) is 1.66. The number of halogens is 1. The lowest BCUT2D eigenvalue weighted by atomic mass is 10.0. The van der Waals surface area contributed by atoms with Crippen molar-refractivity contribution in [3.63, 3.8) is 0 Å². The molecule has 0 aromatic heterocycles. The van der Waals surface area contributed by atoms with Gasteiger partial charge in [-0.3, -0.25) is 4.79 Å². The lowest BCUT2D eigenvalue weighted by Crippen LogP contribution is -2.43. The highest BCUT2D eigenvalue weighted by Gasteiger charge is 2.50. The molecule has 18 heavy (non-hydrogen) atoms. The molecule has 1 aliphatic heterocycles. The number of anilines is 1. The number of urea groups is 1. The molecule has 0 radical (unpaired) electrons. The van der Waals surface area contributed by atoms with E-state index in [4.69, 9.17) is 0 Å². The van der Waals surface area contributed by atoms with Crippen molar-refractivity contribution >= 4 is 17.6 Å². The van der Waals surface area contributed by atoms with E-state index >= 15 is 0 Å². The third-order valence-electron chi connectivity index (χ3n) is 3.22. The summed E-state index contributed by atoms with van der Waals surface area (Å²) < 4.78 is 12.9. The van der Waals surface area contributed by atoms with Crippen molar-refractivity contribution in [2.45, 2.75) is 26.3 Å². The standard InChI is InChI=1S/C13H15FN2O2/c1-4-15-12(18)16(11(17)13(15,2)3)10-7-5-9(14)6-8-10/h5-8H,4H2,1-3H3. The molecule has 0 N–H and O–H groups in total. The van der Waals surface area contributed by atoms with Crippen LogP contribution in [0, 0.1) is 5.82 Å². The van der Waals surface area contributed by atoms with Gasteiger partial charge in [-0.1, -0.05) is 0 Å². The largest absolute Gasteiger partial charge is 0.332 e. The van der Waals surface area contributed by atoms with Crippen molar-refractivity contribution in [2.75, 3.05) is 11.4 Å². The van der Waals surface area contributed by atoms with Crippen LogP contribution in [0.15, 0.2) is 24.3 Å². The summed E-state index contributed by atoms with van der Waals surface area (Å²) in [4.78, 5) is 27.0. The lowest BCUT2D eigenvalue weighted by Gasteiger charge is -2.25. The van der Waals surface area contributed by atoms with Crippen LogP contribution in [0.4, 0.5) is 14.9 Å². The van der Waals surface area contributed by atoms with Gasteiger partial charge in [-0.05, 0) is 45.0 Å². The summed E-state index contributed by atoms with van der Waals surface area (Å²) in [5.41, 5.74) is -0.462. The molecule has 4 nitrogen and oxygen atoms in total. The van der Waals surface area contributed by atoms with E-state index < -0.39 is 11.4 Å². The predicted molar refractivity (Wildman–Crippen MR) is 65.7 cm³/mol. The Kier molecular flexibility index (Phi) is 2.84. The van der Waals surface area contributed by atoms with Crippen molar-refractivity contribution in [3.05, 3.63) is 30.1 Å². The maximum absolute atomic E-state index is 12.9. The molecule has 0 bridgehead atoms. The lowest BCUT2D eigenvalue weighted by molar-refractivity contribution is -0.123. The van der Waals surface area contributed by atoms with Crippen LogP contribution in [-0.2, 0) is 4.79 Å². The highest BCUT2D eigenvalue weighted by molar-refractivity contribution is 6.22. The van der Waals surface area contributed by atoms with Crippen LogP contribution in [0.2, 0.25) is 0 Å². The van der Waals surface area contributed by atoms with Gasteiger partial charge in [0, 0.05) is 6.54 Å². The number of rotatable bonds is 2. The van der Waals surface area contributed by atoms with E-state index in [0.29, 0.717) is 12.2 Å². The number of carbonyl (C=O) groups is 2. The van der Waals surface area contributed by atoms with Crippen molar-refractivity contribution in [1.82, 2.24) is 4.90 Å². The number of hydrogen-bond acceptors (Lipinski definition) is 2. The Morgan fingerprint density at radius 1 is 1.17 bits per heavy atom. The van der Waals surface area contributed by atoms with Crippen molar-refractivity contribution in [2.24, 2.45) is 0 Å². The summed E-state index contributed by atoms with van der Waals surface area (Å²) in [7, 11) is 0. The van der Waals surface area contributed by atoms with Gasteiger partial charge in [0.05, 0.1) is 5.69 Å². The first kappa shape index (κ1) is 12.5. The monoisotopic (exact) mass is 250 g/mol. The molecular weight excluding hydrogens is 235 g/mol. The molecule has 0 atom stereocenters. The number of nitrogens with zero attached hydrogens (tertiary/aromatic N) is 2. The van der Waals surface area contributed by atoms with Gasteiger partial charge < -0.3 is 4.90 Å². The van der Waals surface area contributed by atoms with E-state index in [1.54, 1.807) is 13.8 Å². The second kappa shape index (κ2) is 4.08. The van der Waals surface area contributed by atoms with Crippen LogP contribution in [0.1, 0.15) is 20.8 Å². The first-order valence-electron chi connectivity index (χ1n) is 5.81. The molecule has 0 saturated carbocycles. The molecular formula is C13H15FN2O2. The van der Waals surface area contributed by atoms with E-state index in [1.807, 2.05) is 6.92 Å². The maximum Gasteiger partial charge on any atom is 0.332 e. The van der Waals surface area contributed by atoms with Gasteiger partial charge in [-0.2, -0.15) is 0 Å². The summed E-state index contributed by atoms with van der Waals surface area (Å²) in [5, 5.41) is 0. The highest BCUT2D eigenvalue weighted by Crippen LogP contribution is 2.31. The van der Waals surface area contributed by atoms with Crippen molar-refractivity contribution in [1.29, 1.82) is 0 Å². The van der Waals surface area contributed by atoms with E-state index in [9.17, 15) is 14.0 Å². The Balaban J connectivity index is 2.43. The normalized spacial score (nSPS) is 18.7. The van der Waals surface area contributed by atoms with E-state index in [2.05, 4.69) is 0 Å². The van der Waals surface area contributed by atoms with Crippen LogP contribution in [0.3, 0.4) is 0 Å². The zero-order valence-electron chi connectivity index (χ0n) is 10.6. The second-order valence-corrected chi connectivity index (χ2v) is 4.70. The third-order valence-corrected chi connectivity index (χ3v) is 3.22. The van der Waals surface area contributed by atoms with E-state index in [0.717, 1.165) is 4.90 Å². The van der Waals surface area contributed by atoms with Gasteiger partial charge >= 0.3 is 6.03 Å². The van der Waals surface area contributed by atoms with Crippen LogP contribution in [0.25, 0.3) is 0 Å². The minimum absolute atomic E-state index is 0.291. The van der Waals surface area contributed by atoms with Crippen LogP contribution in [0.5, 0.6) is 0 Å². The molecule has 0 aliphatic carbocycles. The number of amides is 3. The average molecular weight is 250 g/mol. The molecule has 1 fully saturated rings. The Labute approximate surface area is 105 Å². The fraction of sp³-hybridized carbons (Fsp3) is 0.385. The number of imide groups is 1. The molecule has 5 heteroatoms. The number of likely N-dealkylation sites (N-methyl/N-ethyl adjacent to an activating group) is 1. The van der Waals surface area contributed by atoms with Crippen LogP contribution >= 0.6 is 0 Å². The topological polar surface area (TPSA) is 40.6 Å². The SMILES string of the molecule is CCN1C(=O)N(c2ccc(F)cc2)C(=O)C1(C)C. The molecule has 3 amide bonds. The molecule has 1 heterocycles. The minimum Gasteiger partial charge on any atom is -0.310 e. The summed E-state index contributed by atoms with van der Waals surface area (Å²) in [6.07, 6.45) is 0. The number of hydrogen-bond donors (Lipinski definition) is 0. The molecule has 1 aliphatic rings.